The minimum absolute atomic E-state index is 0.0778. The zero-order chi connectivity index (χ0) is 15.7. The van der Waals surface area contributed by atoms with Crippen LogP contribution >= 0.6 is 0 Å². The predicted molar refractivity (Wildman–Crippen MR) is 84.2 cm³/mol. The van der Waals surface area contributed by atoms with Gasteiger partial charge in [-0.3, -0.25) is 4.79 Å². The summed E-state index contributed by atoms with van der Waals surface area (Å²) in [7, 11) is 3.18. The van der Waals surface area contributed by atoms with Crippen molar-refractivity contribution >= 4 is 11.6 Å². The van der Waals surface area contributed by atoms with Crippen molar-refractivity contribution < 1.29 is 14.3 Å². The second-order valence-electron chi connectivity index (χ2n) is 5.13. The Hall–Kier alpha value is -2.53. The number of methoxy groups -OCH3 is 2. The van der Waals surface area contributed by atoms with Gasteiger partial charge >= 0.3 is 0 Å². The first kappa shape index (κ1) is 14.4. The fraction of sp³-hybridized carbons (Fsp3) is 0.235. The van der Waals surface area contributed by atoms with E-state index in [0.29, 0.717) is 11.5 Å². The van der Waals surface area contributed by atoms with Crippen LogP contribution in [0.1, 0.15) is 11.6 Å². The lowest BCUT2D eigenvalue weighted by atomic mass is 9.88. The van der Waals surface area contributed by atoms with E-state index in [1.165, 1.54) is 0 Å². The molecular formula is C17H18N2O3. The molecule has 1 aliphatic heterocycles. The van der Waals surface area contributed by atoms with Crippen molar-refractivity contribution in [3.8, 4) is 11.5 Å². The van der Waals surface area contributed by atoms with Gasteiger partial charge < -0.3 is 20.1 Å². The summed E-state index contributed by atoms with van der Waals surface area (Å²) in [5.74, 6) is 1.20. The maximum atomic E-state index is 12.2. The Morgan fingerprint density at radius 2 is 1.68 bits per heavy atom. The van der Waals surface area contributed by atoms with Gasteiger partial charge in [-0.05, 0) is 29.8 Å². The molecular weight excluding hydrogens is 280 g/mol. The van der Waals surface area contributed by atoms with Crippen molar-refractivity contribution in [2.45, 2.75) is 12.1 Å². The highest BCUT2D eigenvalue weighted by atomic mass is 16.5. The highest BCUT2D eigenvalue weighted by Gasteiger charge is 2.46. The van der Waals surface area contributed by atoms with E-state index in [1.807, 2.05) is 48.5 Å². The Labute approximate surface area is 129 Å². The molecule has 0 bridgehead atoms. The van der Waals surface area contributed by atoms with Crippen molar-refractivity contribution in [3.05, 3.63) is 54.1 Å². The molecule has 2 aromatic carbocycles. The number of anilines is 1. The van der Waals surface area contributed by atoms with Gasteiger partial charge in [0.2, 0.25) is 5.91 Å². The van der Waals surface area contributed by atoms with Crippen LogP contribution in [0.25, 0.3) is 0 Å². The molecule has 1 saturated heterocycles. The lowest BCUT2D eigenvalue weighted by Gasteiger charge is -2.45. The van der Waals surface area contributed by atoms with Crippen LogP contribution in [-0.4, -0.2) is 26.2 Å². The van der Waals surface area contributed by atoms with Crippen LogP contribution in [-0.2, 0) is 4.79 Å². The Balaban J connectivity index is 1.98. The van der Waals surface area contributed by atoms with Gasteiger partial charge in [-0.1, -0.05) is 24.3 Å². The first-order valence-electron chi connectivity index (χ1n) is 7.03. The molecule has 22 heavy (non-hydrogen) atoms. The average Bonchev–Trinajstić information content (AvgIpc) is 2.58. The smallest absolute Gasteiger partial charge is 0.247 e. The van der Waals surface area contributed by atoms with Gasteiger partial charge in [0.15, 0.2) is 11.5 Å². The average molecular weight is 298 g/mol. The molecule has 0 aromatic heterocycles. The summed E-state index contributed by atoms with van der Waals surface area (Å²) < 4.78 is 10.6. The van der Waals surface area contributed by atoms with Crippen LogP contribution in [0.15, 0.2) is 48.5 Å². The fourth-order valence-electron chi connectivity index (χ4n) is 2.78. The lowest BCUT2D eigenvalue weighted by Crippen LogP contribution is -2.63. The van der Waals surface area contributed by atoms with Crippen molar-refractivity contribution in [2.24, 2.45) is 5.73 Å². The van der Waals surface area contributed by atoms with E-state index >= 15 is 0 Å². The lowest BCUT2D eigenvalue weighted by molar-refractivity contribution is -0.126. The highest BCUT2D eigenvalue weighted by molar-refractivity contribution is 6.05. The second-order valence-corrected chi connectivity index (χ2v) is 5.13. The Morgan fingerprint density at radius 3 is 2.32 bits per heavy atom. The standard InChI is InChI=1S/C17H18N2O3/c1-21-13-9-8-11(10-14(13)22-2)16-15(18)17(20)19(16)12-6-4-3-5-7-12/h3-10,15-16H,18H2,1-2H3/t15-,16-/m1/s1. The van der Waals surface area contributed by atoms with Crippen molar-refractivity contribution in [1.29, 1.82) is 0 Å². The van der Waals surface area contributed by atoms with Gasteiger partial charge in [0, 0.05) is 5.69 Å². The maximum Gasteiger partial charge on any atom is 0.247 e. The molecule has 0 aliphatic carbocycles. The van der Waals surface area contributed by atoms with Gasteiger partial charge in [-0.15, -0.1) is 0 Å². The number of nitrogens with two attached hydrogens (primary N) is 1. The molecule has 5 heteroatoms. The molecule has 0 unspecified atom stereocenters. The molecule has 1 heterocycles. The summed E-state index contributed by atoms with van der Waals surface area (Å²) in [5.41, 5.74) is 7.79. The zero-order valence-corrected chi connectivity index (χ0v) is 12.5. The van der Waals surface area contributed by atoms with Crippen molar-refractivity contribution in [1.82, 2.24) is 0 Å². The van der Waals surface area contributed by atoms with Crippen LogP contribution in [0.2, 0.25) is 0 Å². The Morgan fingerprint density at radius 1 is 1.00 bits per heavy atom. The molecule has 0 spiro atoms. The largest absolute Gasteiger partial charge is 0.493 e. The first-order valence-corrected chi connectivity index (χ1v) is 7.03. The van der Waals surface area contributed by atoms with Gasteiger partial charge in [0.25, 0.3) is 0 Å². The van der Waals surface area contributed by atoms with E-state index in [1.54, 1.807) is 19.1 Å². The monoisotopic (exact) mass is 298 g/mol. The van der Waals surface area contributed by atoms with E-state index in [9.17, 15) is 4.79 Å². The molecule has 3 rings (SSSR count). The predicted octanol–water partition coefficient (Wildman–Crippen LogP) is 2.12. The molecule has 114 valence electrons. The van der Waals surface area contributed by atoms with Crippen LogP contribution in [0.3, 0.4) is 0 Å². The number of rotatable bonds is 4. The minimum atomic E-state index is -0.543. The van der Waals surface area contributed by atoms with Crippen LogP contribution in [0.5, 0.6) is 11.5 Å². The minimum Gasteiger partial charge on any atom is -0.493 e. The van der Waals surface area contributed by atoms with Crippen molar-refractivity contribution in [3.63, 3.8) is 0 Å². The third-order valence-electron chi connectivity index (χ3n) is 3.92. The summed E-state index contributed by atoms with van der Waals surface area (Å²) in [6.45, 7) is 0. The van der Waals surface area contributed by atoms with E-state index in [2.05, 4.69) is 0 Å². The zero-order valence-electron chi connectivity index (χ0n) is 12.5. The topological polar surface area (TPSA) is 64.8 Å². The SMILES string of the molecule is COc1ccc([C@@H]2[C@@H](N)C(=O)N2c2ccccc2)cc1OC. The van der Waals surface area contributed by atoms with Gasteiger partial charge in [-0.25, -0.2) is 0 Å². The van der Waals surface area contributed by atoms with Crippen LogP contribution < -0.4 is 20.1 Å². The molecule has 5 nitrogen and oxygen atoms in total. The number of amides is 1. The normalized spacial score (nSPS) is 20.5. The van der Waals surface area contributed by atoms with Crippen LogP contribution in [0, 0.1) is 0 Å². The summed E-state index contributed by atoms with van der Waals surface area (Å²) in [6.07, 6.45) is 0. The first-order chi connectivity index (χ1) is 10.7. The quantitative estimate of drug-likeness (QED) is 0.878. The van der Waals surface area contributed by atoms with E-state index in [4.69, 9.17) is 15.2 Å². The molecule has 0 saturated carbocycles. The molecule has 2 aromatic rings. The number of ether oxygens (including phenoxy) is 2. The summed E-state index contributed by atoms with van der Waals surface area (Å²) in [5, 5.41) is 0. The number of carbonyl (C=O) groups excluding carboxylic acids is 1. The van der Waals surface area contributed by atoms with Gasteiger partial charge in [0.1, 0.15) is 6.04 Å². The Kier molecular flexibility index (Phi) is 3.73. The van der Waals surface area contributed by atoms with E-state index in [0.717, 1.165) is 11.3 Å². The van der Waals surface area contributed by atoms with E-state index < -0.39 is 6.04 Å². The summed E-state index contributed by atoms with van der Waals surface area (Å²) >= 11 is 0. The van der Waals surface area contributed by atoms with E-state index in [-0.39, 0.29) is 11.9 Å². The summed E-state index contributed by atoms with van der Waals surface area (Å²) in [4.78, 5) is 13.9. The third-order valence-corrected chi connectivity index (χ3v) is 3.92. The number of hydrogen-bond acceptors (Lipinski definition) is 4. The highest BCUT2D eigenvalue weighted by Crippen LogP contribution is 2.40. The molecule has 2 atom stereocenters. The van der Waals surface area contributed by atoms with Crippen LogP contribution in [0.4, 0.5) is 5.69 Å². The second kappa shape index (κ2) is 5.69. The Bertz CT molecular complexity index is 688. The summed E-state index contributed by atoms with van der Waals surface area (Å²) in [6, 6.07) is 14.4. The number of benzene rings is 2. The number of para-hydroxylation sites is 1. The molecule has 1 fully saturated rings. The number of hydrogen-bond donors (Lipinski definition) is 1. The van der Waals surface area contributed by atoms with Crippen molar-refractivity contribution in [2.75, 3.05) is 19.1 Å². The third kappa shape index (κ3) is 2.19. The number of nitrogens with zero attached hydrogens (tertiary/aromatic N) is 1. The maximum absolute atomic E-state index is 12.2. The molecule has 2 N–H and O–H groups in total. The van der Waals surface area contributed by atoms with Gasteiger partial charge in [0.05, 0.1) is 20.3 Å². The molecule has 0 radical (unpaired) electrons. The molecule has 1 aliphatic rings. The fourth-order valence-corrected chi connectivity index (χ4v) is 2.78. The molecule has 1 amide bonds. The van der Waals surface area contributed by atoms with Gasteiger partial charge in [-0.2, -0.15) is 0 Å². The number of carbonyl (C=O) groups is 1. The number of β-lactam (4-membered cyclic amide) rings is 1.